The van der Waals surface area contributed by atoms with Gasteiger partial charge in [-0.2, -0.15) is 0 Å². The molecule has 0 atom stereocenters. The second kappa shape index (κ2) is 9.30. The summed E-state index contributed by atoms with van der Waals surface area (Å²) in [5.74, 6) is 1.19. The zero-order valence-electron chi connectivity index (χ0n) is 17.7. The molecule has 164 valence electrons. The highest BCUT2D eigenvalue weighted by atomic mass is 32.1. The first kappa shape index (κ1) is 21.0. The first-order chi connectivity index (χ1) is 15.7. The highest BCUT2D eigenvalue weighted by molar-refractivity contribution is 7.19. The maximum absolute atomic E-state index is 13.3. The Morgan fingerprint density at radius 2 is 1.53 bits per heavy atom. The molecule has 0 fully saturated rings. The zero-order valence-corrected chi connectivity index (χ0v) is 18.5. The van der Waals surface area contributed by atoms with Crippen molar-refractivity contribution in [2.45, 2.75) is 45.3 Å². The first-order valence-corrected chi connectivity index (χ1v) is 11.8. The molecule has 7 heteroatoms. The van der Waals surface area contributed by atoms with Crippen LogP contribution >= 0.6 is 11.3 Å². The number of nitrogens with two attached hydrogens (primary N) is 1. The fraction of sp³-hybridized carbons (Fsp3) is 0.280. The van der Waals surface area contributed by atoms with Gasteiger partial charge in [-0.25, -0.2) is 18.7 Å². The van der Waals surface area contributed by atoms with Crippen molar-refractivity contribution in [3.8, 4) is 0 Å². The molecule has 0 bridgehead atoms. The van der Waals surface area contributed by atoms with E-state index in [2.05, 4.69) is 10.6 Å². The quantitative estimate of drug-likeness (QED) is 0.427. The van der Waals surface area contributed by atoms with Crippen LogP contribution in [0.2, 0.25) is 0 Å². The molecular formula is C25H25F2N4S+. The SMILES string of the molecule is Fc1ccc(CNc2nc(C[NH2+]Cc3ccc(F)cc3)nc3sc4c(c23)CCCC4)cc1. The molecule has 0 aliphatic heterocycles. The van der Waals surface area contributed by atoms with Crippen LogP contribution in [0.5, 0.6) is 0 Å². The number of aryl methyl sites for hydroxylation is 2. The number of nitrogens with one attached hydrogen (secondary N) is 1. The predicted molar refractivity (Wildman–Crippen MR) is 124 cm³/mol. The second-order valence-corrected chi connectivity index (χ2v) is 9.27. The molecule has 0 radical (unpaired) electrons. The largest absolute Gasteiger partial charge is 0.365 e. The normalized spacial score (nSPS) is 13.3. The average molecular weight is 452 g/mol. The Morgan fingerprint density at radius 1 is 0.844 bits per heavy atom. The molecule has 0 unspecified atom stereocenters. The molecule has 1 aliphatic rings. The summed E-state index contributed by atoms with van der Waals surface area (Å²) in [7, 11) is 0. The summed E-state index contributed by atoms with van der Waals surface area (Å²) in [5.41, 5.74) is 3.46. The van der Waals surface area contributed by atoms with Crippen molar-refractivity contribution in [2.75, 3.05) is 5.32 Å². The summed E-state index contributed by atoms with van der Waals surface area (Å²) in [4.78, 5) is 12.2. The van der Waals surface area contributed by atoms with Crippen molar-refractivity contribution in [3.05, 3.63) is 87.6 Å². The number of aromatic nitrogens is 2. The fourth-order valence-electron chi connectivity index (χ4n) is 4.20. The van der Waals surface area contributed by atoms with Crippen molar-refractivity contribution in [1.29, 1.82) is 0 Å². The maximum atomic E-state index is 13.3. The monoisotopic (exact) mass is 451 g/mol. The minimum Gasteiger partial charge on any atom is -0.365 e. The molecule has 4 aromatic rings. The van der Waals surface area contributed by atoms with Crippen molar-refractivity contribution < 1.29 is 14.1 Å². The van der Waals surface area contributed by atoms with Gasteiger partial charge in [0.05, 0.1) is 5.39 Å². The third-order valence-corrected chi connectivity index (χ3v) is 7.04. The minimum atomic E-state index is -0.232. The van der Waals surface area contributed by atoms with Gasteiger partial charge in [-0.05, 0) is 61.1 Å². The van der Waals surface area contributed by atoms with Crippen molar-refractivity contribution in [1.82, 2.24) is 9.97 Å². The molecular weight excluding hydrogens is 426 g/mol. The summed E-state index contributed by atoms with van der Waals surface area (Å²) >= 11 is 1.79. The van der Waals surface area contributed by atoms with Gasteiger partial charge in [-0.1, -0.05) is 24.3 Å². The smallest absolute Gasteiger partial charge is 0.187 e. The number of rotatable bonds is 7. The number of benzene rings is 2. The molecule has 0 amide bonds. The van der Waals surface area contributed by atoms with Gasteiger partial charge >= 0.3 is 0 Å². The molecule has 0 spiro atoms. The Kier molecular flexibility index (Phi) is 6.10. The van der Waals surface area contributed by atoms with E-state index in [1.807, 2.05) is 0 Å². The number of thiophene rings is 1. The molecule has 2 aromatic carbocycles. The molecule has 1 aliphatic carbocycles. The van der Waals surface area contributed by atoms with E-state index in [1.54, 1.807) is 35.6 Å². The van der Waals surface area contributed by atoms with Crippen molar-refractivity contribution in [2.24, 2.45) is 0 Å². The summed E-state index contributed by atoms with van der Waals surface area (Å²) < 4.78 is 26.4. The highest BCUT2D eigenvalue weighted by Crippen LogP contribution is 2.38. The first-order valence-electron chi connectivity index (χ1n) is 11.0. The highest BCUT2D eigenvalue weighted by Gasteiger charge is 2.21. The van der Waals surface area contributed by atoms with Gasteiger partial charge in [-0.3, -0.25) is 0 Å². The van der Waals surface area contributed by atoms with E-state index in [9.17, 15) is 8.78 Å². The van der Waals surface area contributed by atoms with Crippen LogP contribution in [-0.4, -0.2) is 9.97 Å². The van der Waals surface area contributed by atoms with E-state index in [1.165, 1.54) is 47.5 Å². The topological polar surface area (TPSA) is 54.4 Å². The molecule has 0 saturated carbocycles. The number of anilines is 1. The lowest BCUT2D eigenvalue weighted by molar-refractivity contribution is -0.687. The van der Waals surface area contributed by atoms with E-state index >= 15 is 0 Å². The van der Waals surface area contributed by atoms with E-state index < -0.39 is 0 Å². The van der Waals surface area contributed by atoms with E-state index in [4.69, 9.17) is 9.97 Å². The Bertz CT molecular complexity index is 1220. The van der Waals surface area contributed by atoms with Gasteiger partial charge in [0.2, 0.25) is 0 Å². The molecule has 5 rings (SSSR count). The summed E-state index contributed by atoms with van der Waals surface area (Å²) in [6.45, 7) is 1.96. The van der Waals surface area contributed by atoms with Gasteiger partial charge in [0.1, 0.15) is 35.4 Å². The Morgan fingerprint density at radius 3 is 2.28 bits per heavy atom. The van der Waals surface area contributed by atoms with Crippen LogP contribution < -0.4 is 10.6 Å². The molecule has 4 nitrogen and oxygen atoms in total. The predicted octanol–water partition coefficient (Wildman–Crippen LogP) is 4.72. The van der Waals surface area contributed by atoms with Crippen molar-refractivity contribution >= 4 is 27.4 Å². The third-order valence-electron chi connectivity index (χ3n) is 5.85. The number of halogens is 2. The van der Waals surface area contributed by atoms with Gasteiger partial charge < -0.3 is 10.6 Å². The van der Waals surface area contributed by atoms with E-state index in [0.29, 0.717) is 13.1 Å². The molecule has 2 heterocycles. The molecule has 2 aromatic heterocycles. The van der Waals surface area contributed by atoms with Crippen LogP contribution in [0.3, 0.4) is 0 Å². The van der Waals surface area contributed by atoms with E-state index in [-0.39, 0.29) is 11.6 Å². The van der Waals surface area contributed by atoms with Crippen LogP contribution in [0.15, 0.2) is 48.5 Å². The average Bonchev–Trinajstić information content (AvgIpc) is 3.18. The fourth-order valence-corrected chi connectivity index (χ4v) is 5.48. The number of quaternary nitrogens is 1. The Labute approximate surface area is 189 Å². The van der Waals surface area contributed by atoms with E-state index in [0.717, 1.165) is 52.4 Å². The standard InChI is InChI=1S/C25H24F2N4S/c26-18-9-5-16(6-10-18)13-28-15-22-30-24(29-14-17-7-11-19(27)12-8-17)23-20-3-1-2-4-21(20)32-25(23)31-22/h5-12,28H,1-4,13-15H2,(H,29,30,31)/p+1. The molecule has 3 N–H and O–H groups in total. The van der Waals surface area contributed by atoms with Gasteiger partial charge in [0, 0.05) is 17.0 Å². The summed E-state index contributed by atoms with van der Waals surface area (Å²) in [5, 5.41) is 6.77. The number of nitrogens with zero attached hydrogens (tertiary/aromatic N) is 2. The minimum absolute atomic E-state index is 0.221. The van der Waals surface area contributed by atoms with Gasteiger partial charge in [-0.15, -0.1) is 11.3 Å². The van der Waals surface area contributed by atoms with Gasteiger partial charge in [0.25, 0.3) is 0 Å². The third kappa shape index (κ3) is 4.64. The van der Waals surface area contributed by atoms with Crippen molar-refractivity contribution in [3.63, 3.8) is 0 Å². The Balaban J connectivity index is 1.39. The van der Waals surface area contributed by atoms with Crippen LogP contribution in [0, 0.1) is 11.6 Å². The van der Waals surface area contributed by atoms with Crippen LogP contribution in [0.1, 0.15) is 40.2 Å². The lowest BCUT2D eigenvalue weighted by atomic mass is 9.97. The second-order valence-electron chi connectivity index (χ2n) is 8.18. The lowest BCUT2D eigenvalue weighted by Gasteiger charge is -2.13. The van der Waals surface area contributed by atoms with Crippen LogP contribution in [0.25, 0.3) is 10.2 Å². The Hall–Kier alpha value is -2.90. The summed E-state index contributed by atoms with van der Waals surface area (Å²) in [6, 6.07) is 13.1. The van der Waals surface area contributed by atoms with Crippen LogP contribution in [-0.2, 0) is 32.5 Å². The number of hydrogen-bond donors (Lipinski definition) is 2. The number of fused-ring (bicyclic) bond motifs is 3. The summed E-state index contributed by atoms with van der Waals surface area (Å²) in [6.07, 6.45) is 4.60. The number of hydrogen-bond acceptors (Lipinski definition) is 4. The van der Waals surface area contributed by atoms with Crippen LogP contribution in [0.4, 0.5) is 14.6 Å². The van der Waals surface area contributed by atoms with Gasteiger partial charge in [0.15, 0.2) is 5.82 Å². The maximum Gasteiger partial charge on any atom is 0.187 e. The lowest BCUT2D eigenvalue weighted by Crippen LogP contribution is -2.81. The molecule has 0 saturated heterocycles. The molecule has 32 heavy (non-hydrogen) atoms. The zero-order chi connectivity index (χ0) is 21.9.